The number of hydrogen-bond acceptors (Lipinski definition) is 5. The molecule has 3 heterocycles. The summed E-state index contributed by atoms with van der Waals surface area (Å²) in [6, 6.07) is 12.0. The third kappa shape index (κ3) is 6.79. The monoisotopic (exact) mass is 488 g/mol. The standard InChI is InChI=1S/C28H36N6O2/c1-23-30-13-19-32(23)18-11-28(36)33-16-6-14-31(21-25-8-5-12-29-20-25)15-7-17-34(24(2)35)27-10-4-3-9-26(27)22-33/h3-5,8-10,12-13,19-20H,6-7,11,14-18,21-22H2,1-2H3. The quantitative estimate of drug-likeness (QED) is 0.548. The molecule has 2 aromatic heterocycles. The summed E-state index contributed by atoms with van der Waals surface area (Å²) < 4.78 is 2.01. The van der Waals surface area contributed by atoms with Crippen molar-refractivity contribution in [3.05, 3.63) is 78.1 Å². The van der Waals surface area contributed by atoms with E-state index in [1.165, 1.54) is 5.56 Å². The first kappa shape index (κ1) is 25.6. The van der Waals surface area contributed by atoms with E-state index in [0.717, 1.165) is 49.6 Å². The largest absolute Gasteiger partial charge is 0.338 e. The number of aryl methyl sites for hydroxylation is 2. The highest BCUT2D eigenvalue weighted by Gasteiger charge is 2.21. The third-order valence-corrected chi connectivity index (χ3v) is 6.75. The Labute approximate surface area is 213 Å². The van der Waals surface area contributed by atoms with Gasteiger partial charge in [-0.2, -0.15) is 0 Å². The van der Waals surface area contributed by atoms with Crippen LogP contribution in [0.2, 0.25) is 0 Å². The van der Waals surface area contributed by atoms with Crippen LogP contribution in [0.3, 0.4) is 0 Å². The summed E-state index contributed by atoms with van der Waals surface area (Å²) in [7, 11) is 0. The highest BCUT2D eigenvalue weighted by molar-refractivity contribution is 5.92. The Balaban J connectivity index is 1.55. The van der Waals surface area contributed by atoms with Gasteiger partial charge in [-0.15, -0.1) is 0 Å². The SMILES string of the molecule is CC(=O)N1CCCN(Cc2cccnc2)CCCN(C(=O)CCn2ccnc2C)Cc2ccccc21. The molecule has 1 aliphatic heterocycles. The van der Waals surface area contributed by atoms with E-state index in [-0.39, 0.29) is 11.8 Å². The molecule has 0 saturated heterocycles. The van der Waals surface area contributed by atoms with E-state index >= 15 is 0 Å². The zero-order valence-corrected chi connectivity index (χ0v) is 21.3. The van der Waals surface area contributed by atoms with E-state index in [4.69, 9.17) is 0 Å². The first-order valence-corrected chi connectivity index (χ1v) is 12.7. The maximum Gasteiger partial charge on any atom is 0.224 e. The van der Waals surface area contributed by atoms with Gasteiger partial charge in [0, 0.05) is 89.6 Å². The number of pyridine rings is 1. The normalized spacial score (nSPS) is 15.6. The molecule has 0 spiro atoms. The zero-order valence-electron chi connectivity index (χ0n) is 21.3. The molecule has 0 unspecified atom stereocenters. The van der Waals surface area contributed by atoms with Crippen LogP contribution < -0.4 is 4.90 Å². The number of nitrogens with zero attached hydrogens (tertiary/aromatic N) is 6. The fraction of sp³-hybridized carbons (Fsp3) is 0.429. The topological polar surface area (TPSA) is 74.6 Å². The smallest absolute Gasteiger partial charge is 0.224 e. The van der Waals surface area contributed by atoms with Crippen molar-refractivity contribution in [2.75, 3.05) is 31.1 Å². The van der Waals surface area contributed by atoms with E-state index in [1.54, 1.807) is 19.3 Å². The van der Waals surface area contributed by atoms with Crippen LogP contribution in [-0.2, 0) is 29.2 Å². The van der Waals surface area contributed by atoms with Gasteiger partial charge in [0.1, 0.15) is 5.82 Å². The van der Waals surface area contributed by atoms with Crippen molar-refractivity contribution in [3.8, 4) is 0 Å². The van der Waals surface area contributed by atoms with E-state index in [0.29, 0.717) is 32.6 Å². The molecule has 0 bridgehead atoms. The molecule has 0 saturated carbocycles. The Morgan fingerprint density at radius 1 is 0.972 bits per heavy atom. The molecule has 1 aliphatic rings. The maximum atomic E-state index is 13.4. The van der Waals surface area contributed by atoms with E-state index in [2.05, 4.69) is 20.9 Å². The maximum absolute atomic E-state index is 13.4. The van der Waals surface area contributed by atoms with Crippen LogP contribution in [0.5, 0.6) is 0 Å². The summed E-state index contributed by atoms with van der Waals surface area (Å²) in [5, 5.41) is 0. The Bertz CT molecular complexity index is 1150. The Morgan fingerprint density at radius 3 is 2.50 bits per heavy atom. The third-order valence-electron chi connectivity index (χ3n) is 6.75. The van der Waals surface area contributed by atoms with Gasteiger partial charge in [0.15, 0.2) is 0 Å². The molecule has 0 aliphatic carbocycles. The summed E-state index contributed by atoms with van der Waals surface area (Å²) in [6.45, 7) is 8.52. The molecule has 0 atom stereocenters. The number of hydrogen-bond donors (Lipinski definition) is 0. The fourth-order valence-electron chi connectivity index (χ4n) is 4.82. The van der Waals surface area contributed by atoms with Crippen molar-refractivity contribution in [1.82, 2.24) is 24.3 Å². The average Bonchev–Trinajstić information content (AvgIpc) is 3.29. The summed E-state index contributed by atoms with van der Waals surface area (Å²) in [5.41, 5.74) is 3.07. The molecule has 8 nitrogen and oxygen atoms in total. The van der Waals surface area contributed by atoms with Crippen LogP contribution in [0.25, 0.3) is 0 Å². The van der Waals surface area contributed by atoms with Gasteiger partial charge in [-0.05, 0) is 43.0 Å². The molecular formula is C28H36N6O2. The van der Waals surface area contributed by atoms with Gasteiger partial charge >= 0.3 is 0 Å². The Hall–Kier alpha value is -3.52. The van der Waals surface area contributed by atoms with Gasteiger partial charge in [-0.3, -0.25) is 19.5 Å². The van der Waals surface area contributed by atoms with Gasteiger partial charge in [0.25, 0.3) is 0 Å². The van der Waals surface area contributed by atoms with Crippen LogP contribution in [0.4, 0.5) is 5.69 Å². The van der Waals surface area contributed by atoms with Crippen molar-refractivity contribution >= 4 is 17.5 Å². The van der Waals surface area contributed by atoms with Crippen LogP contribution in [0.1, 0.15) is 43.1 Å². The van der Waals surface area contributed by atoms with Crippen LogP contribution in [0.15, 0.2) is 61.2 Å². The molecule has 2 amide bonds. The first-order chi connectivity index (χ1) is 17.5. The van der Waals surface area contributed by atoms with Crippen molar-refractivity contribution in [1.29, 1.82) is 0 Å². The summed E-state index contributed by atoms with van der Waals surface area (Å²) in [6.07, 6.45) is 9.54. The zero-order chi connectivity index (χ0) is 25.3. The van der Waals surface area contributed by atoms with E-state index in [1.807, 2.05) is 64.0 Å². The molecule has 0 N–H and O–H groups in total. The van der Waals surface area contributed by atoms with Crippen LogP contribution >= 0.6 is 0 Å². The van der Waals surface area contributed by atoms with Gasteiger partial charge in [-0.25, -0.2) is 4.98 Å². The lowest BCUT2D eigenvalue weighted by Crippen LogP contribution is -2.38. The van der Waals surface area contributed by atoms with Crippen LogP contribution in [0, 0.1) is 6.92 Å². The number of aromatic nitrogens is 3. The number of fused-ring (bicyclic) bond motifs is 1. The summed E-state index contributed by atoms with van der Waals surface area (Å²) in [5.74, 6) is 1.04. The molecular weight excluding hydrogens is 452 g/mol. The second-order valence-corrected chi connectivity index (χ2v) is 9.38. The molecule has 0 fully saturated rings. The van der Waals surface area contributed by atoms with E-state index < -0.39 is 0 Å². The van der Waals surface area contributed by atoms with Crippen molar-refractivity contribution in [2.24, 2.45) is 0 Å². The average molecular weight is 489 g/mol. The lowest BCUT2D eigenvalue weighted by molar-refractivity contribution is -0.132. The molecule has 3 aromatic rings. The number of benzene rings is 1. The number of anilines is 1. The number of imidazole rings is 1. The highest BCUT2D eigenvalue weighted by Crippen LogP contribution is 2.24. The molecule has 0 radical (unpaired) electrons. The van der Waals surface area contributed by atoms with E-state index in [9.17, 15) is 9.59 Å². The summed E-state index contributed by atoms with van der Waals surface area (Å²) >= 11 is 0. The molecule has 190 valence electrons. The second-order valence-electron chi connectivity index (χ2n) is 9.38. The molecule has 36 heavy (non-hydrogen) atoms. The number of amides is 2. The number of rotatable bonds is 5. The number of carbonyl (C=O) groups is 2. The predicted octanol–water partition coefficient (Wildman–Crippen LogP) is 3.65. The second kappa shape index (κ2) is 12.4. The fourth-order valence-corrected chi connectivity index (χ4v) is 4.82. The predicted molar refractivity (Wildman–Crippen MR) is 140 cm³/mol. The molecule has 1 aromatic carbocycles. The highest BCUT2D eigenvalue weighted by atomic mass is 16.2. The number of carbonyl (C=O) groups excluding carboxylic acids is 2. The van der Waals surface area contributed by atoms with Crippen molar-refractivity contribution in [2.45, 2.75) is 52.7 Å². The Morgan fingerprint density at radius 2 is 1.78 bits per heavy atom. The lowest BCUT2D eigenvalue weighted by Gasteiger charge is -2.31. The first-order valence-electron chi connectivity index (χ1n) is 12.7. The summed E-state index contributed by atoms with van der Waals surface area (Å²) in [4.78, 5) is 40.8. The van der Waals surface area contributed by atoms with Gasteiger partial charge in [-0.1, -0.05) is 24.3 Å². The number of para-hydroxylation sites is 1. The molecule has 4 rings (SSSR count). The minimum absolute atomic E-state index is 0.0202. The minimum Gasteiger partial charge on any atom is -0.338 e. The minimum atomic E-state index is 0.0202. The lowest BCUT2D eigenvalue weighted by atomic mass is 10.1. The molecule has 8 heteroatoms. The van der Waals surface area contributed by atoms with Gasteiger partial charge in [0.05, 0.1) is 0 Å². The Kier molecular flexibility index (Phi) is 8.84. The van der Waals surface area contributed by atoms with Crippen molar-refractivity contribution in [3.63, 3.8) is 0 Å². The van der Waals surface area contributed by atoms with Crippen LogP contribution in [-0.4, -0.2) is 62.3 Å². The van der Waals surface area contributed by atoms with Gasteiger partial charge in [0.2, 0.25) is 11.8 Å². The van der Waals surface area contributed by atoms with Gasteiger partial charge < -0.3 is 14.4 Å². The van der Waals surface area contributed by atoms with Crippen molar-refractivity contribution < 1.29 is 9.59 Å².